The summed E-state index contributed by atoms with van der Waals surface area (Å²) in [6, 6.07) is 2.02. The zero-order valence-electron chi connectivity index (χ0n) is 10.1. The predicted molar refractivity (Wildman–Crippen MR) is 63.5 cm³/mol. The molecule has 1 unspecified atom stereocenters. The Morgan fingerprint density at radius 2 is 1.72 bits per heavy atom. The first kappa shape index (κ1) is 13.4. The number of rotatable bonds is 4. The van der Waals surface area contributed by atoms with E-state index < -0.39 is 17.5 Å². The van der Waals surface area contributed by atoms with Crippen LogP contribution in [-0.4, -0.2) is 12.6 Å². The zero-order chi connectivity index (χ0) is 13.1. The molecule has 1 saturated carbocycles. The smallest absolute Gasteiger partial charge is 0.194 e. The molecule has 0 aromatic heterocycles. The standard InChI is InChI=1S/C13H17F3N2/c14-10-5-8(6-11(15)13(10)16)12(7-17)18-9-3-1-2-4-9/h5-6,9,12,18H,1-4,7,17H2. The molecule has 0 bridgehead atoms. The molecule has 5 heteroatoms. The van der Waals surface area contributed by atoms with Crippen LogP contribution in [0.1, 0.15) is 37.3 Å². The van der Waals surface area contributed by atoms with E-state index in [-0.39, 0.29) is 12.6 Å². The quantitative estimate of drug-likeness (QED) is 0.815. The molecule has 3 N–H and O–H groups in total. The highest BCUT2D eigenvalue weighted by Gasteiger charge is 2.21. The maximum Gasteiger partial charge on any atom is 0.194 e. The van der Waals surface area contributed by atoms with Gasteiger partial charge in [-0.1, -0.05) is 12.8 Å². The van der Waals surface area contributed by atoms with Crippen molar-refractivity contribution < 1.29 is 13.2 Å². The van der Waals surface area contributed by atoms with Crippen LogP contribution in [0.5, 0.6) is 0 Å². The lowest BCUT2D eigenvalue weighted by atomic mass is 10.0. The molecular weight excluding hydrogens is 241 g/mol. The molecule has 1 aromatic carbocycles. The van der Waals surface area contributed by atoms with Crippen LogP contribution in [0.15, 0.2) is 12.1 Å². The summed E-state index contributed by atoms with van der Waals surface area (Å²) in [6.45, 7) is 0.223. The second-order valence-corrected chi connectivity index (χ2v) is 4.73. The fraction of sp³-hybridized carbons (Fsp3) is 0.538. The van der Waals surface area contributed by atoms with Crippen molar-refractivity contribution in [3.8, 4) is 0 Å². The van der Waals surface area contributed by atoms with Gasteiger partial charge < -0.3 is 11.1 Å². The van der Waals surface area contributed by atoms with Gasteiger partial charge in [0.25, 0.3) is 0 Å². The normalized spacial score (nSPS) is 18.2. The van der Waals surface area contributed by atoms with Crippen molar-refractivity contribution in [1.29, 1.82) is 0 Å². The minimum Gasteiger partial charge on any atom is -0.329 e. The van der Waals surface area contributed by atoms with Gasteiger partial charge in [-0.2, -0.15) is 0 Å². The molecule has 1 atom stereocenters. The van der Waals surface area contributed by atoms with E-state index in [1.807, 2.05) is 0 Å². The van der Waals surface area contributed by atoms with Gasteiger partial charge in [-0.05, 0) is 30.5 Å². The van der Waals surface area contributed by atoms with Gasteiger partial charge in [0.15, 0.2) is 17.5 Å². The van der Waals surface area contributed by atoms with E-state index in [1.165, 1.54) is 0 Å². The van der Waals surface area contributed by atoms with Gasteiger partial charge in [-0.3, -0.25) is 0 Å². The summed E-state index contributed by atoms with van der Waals surface area (Å²) >= 11 is 0. The van der Waals surface area contributed by atoms with Crippen LogP contribution in [0.3, 0.4) is 0 Å². The minimum atomic E-state index is -1.43. The Hall–Kier alpha value is -1.07. The molecule has 18 heavy (non-hydrogen) atoms. The molecule has 0 amide bonds. The molecule has 1 aliphatic rings. The lowest BCUT2D eigenvalue weighted by Gasteiger charge is -2.22. The molecular formula is C13H17F3N2. The number of hydrogen-bond acceptors (Lipinski definition) is 2. The van der Waals surface area contributed by atoms with Crippen LogP contribution >= 0.6 is 0 Å². The highest BCUT2D eigenvalue weighted by Crippen LogP contribution is 2.23. The molecule has 0 saturated heterocycles. The van der Waals surface area contributed by atoms with Crippen molar-refractivity contribution in [3.05, 3.63) is 35.1 Å². The molecule has 2 rings (SSSR count). The predicted octanol–water partition coefficient (Wildman–Crippen LogP) is 2.64. The van der Waals surface area contributed by atoms with Crippen LogP contribution in [0, 0.1) is 17.5 Å². The SMILES string of the molecule is NCC(NC1CCCC1)c1cc(F)c(F)c(F)c1. The van der Waals surface area contributed by atoms with Gasteiger partial charge in [0.1, 0.15) is 0 Å². The second-order valence-electron chi connectivity index (χ2n) is 4.73. The van der Waals surface area contributed by atoms with Gasteiger partial charge in [0.2, 0.25) is 0 Å². The summed E-state index contributed by atoms with van der Waals surface area (Å²) in [5.74, 6) is -3.77. The monoisotopic (exact) mass is 258 g/mol. The fourth-order valence-electron chi connectivity index (χ4n) is 2.45. The van der Waals surface area contributed by atoms with Crippen molar-refractivity contribution >= 4 is 0 Å². The Balaban J connectivity index is 2.16. The van der Waals surface area contributed by atoms with Crippen molar-refractivity contribution in [3.63, 3.8) is 0 Å². The van der Waals surface area contributed by atoms with E-state index in [0.29, 0.717) is 11.6 Å². The Morgan fingerprint density at radius 3 is 2.22 bits per heavy atom. The Kier molecular flexibility index (Phi) is 4.24. The van der Waals surface area contributed by atoms with Crippen LogP contribution in [-0.2, 0) is 0 Å². The fourth-order valence-corrected chi connectivity index (χ4v) is 2.45. The van der Waals surface area contributed by atoms with Crippen LogP contribution in [0.2, 0.25) is 0 Å². The lowest BCUT2D eigenvalue weighted by molar-refractivity contribution is 0.423. The summed E-state index contributed by atoms with van der Waals surface area (Å²) in [4.78, 5) is 0. The van der Waals surface area contributed by atoms with Crippen molar-refractivity contribution in [2.24, 2.45) is 5.73 Å². The van der Waals surface area contributed by atoms with Gasteiger partial charge >= 0.3 is 0 Å². The number of hydrogen-bond donors (Lipinski definition) is 2. The van der Waals surface area contributed by atoms with Gasteiger partial charge in [0.05, 0.1) is 0 Å². The zero-order valence-corrected chi connectivity index (χ0v) is 10.1. The molecule has 0 aliphatic heterocycles. The first-order valence-corrected chi connectivity index (χ1v) is 6.22. The summed E-state index contributed by atoms with van der Waals surface area (Å²) < 4.78 is 39.2. The van der Waals surface area contributed by atoms with E-state index in [1.54, 1.807) is 0 Å². The third kappa shape index (κ3) is 2.84. The molecule has 0 spiro atoms. The topological polar surface area (TPSA) is 38.0 Å². The van der Waals surface area contributed by atoms with Crippen molar-refractivity contribution in [2.45, 2.75) is 37.8 Å². The van der Waals surface area contributed by atoms with Crippen molar-refractivity contribution in [2.75, 3.05) is 6.54 Å². The van der Waals surface area contributed by atoms with Crippen LogP contribution < -0.4 is 11.1 Å². The first-order chi connectivity index (χ1) is 8.61. The maximum atomic E-state index is 13.2. The van der Waals surface area contributed by atoms with Gasteiger partial charge in [-0.25, -0.2) is 13.2 Å². The van der Waals surface area contributed by atoms with E-state index >= 15 is 0 Å². The average Bonchev–Trinajstić information content (AvgIpc) is 2.85. The molecule has 0 heterocycles. The van der Waals surface area contributed by atoms with Crippen molar-refractivity contribution in [1.82, 2.24) is 5.32 Å². The Morgan fingerprint density at radius 1 is 1.17 bits per heavy atom. The minimum absolute atomic E-state index is 0.223. The molecule has 100 valence electrons. The van der Waals surface area contributed by atoms with E-state index in [9.17, 15) is 13.2 Å². The van der Waals surface area contributed by atoms with Gasteiger partial charge in [0, 0.05) is 18.6 Å². The number of nitrogens with one attached hydrogen (secondary N) is 1. The highest BCUT2D eigenvalue weighted by atomic mass is 19.2. The van der Waals surface area contributed by atoms with E-state index in [4.69, 9.17) is 5.73 Å². The Labute approximate surface area is 104 Å². The maximum absolute atomic E-state index is 13.2. The summed E-state index contributed by atoms with van der Waals surface area (Å²) in [5, 5.41) is 3.28. The third-order valence-electron chi connectivity index (χ3n) is 3.44. The lowest BCUT2D eigenvalue weighted by Crippen LogP contribution is -2.35. The summed E-state index contributed by atoms with van der Waals surface area (Å²) in [5.41, 5.74) is 5.98. The van der Waals surface area contributed by atoms with E-state index in [2.05, 4.69) is 5.32 Å². The van der Waals surface area contributed by atoms with Gasteiger partial charge in [-0.15, -0.1) is 0 Å². The molecule has 2 nitrogen and oxygen atoms in total. The number of benzene rings is 1. The Bertz CT molecular complexity index is 394. The number of nitrogens with two attached hydrogens (primary N) is 1. The summed E-state index contributed by atoms with van der Waals surface area (Å²) in [6.07, 6.45) is 4.40. The average molecular weight is 258 g/mol. The van der Waals surface area contributed by atoms with Crippen LogP contribution in [0.25, 0.3) is 0 Å². The largest absolute Gasteiger partial charge is 0.329 e. The first-order valence-electron chi connectivity index (χ1n) is 6.22. The molecule has 1 fully saturated rings. The molecule has 0 radical (unpaired) electrons. The van der Waals surface area contributed by atoms with Crippen LogP contribution in [0.4, 0.5) is 13.2 Å². The highest BCUT2D eigenvalue weighted by molar-refractivity contribution is 5.23. The molecule has 1 aromatic rings. The third-order valence-corrected chi connectivity index (χ3v) is 3.44. The molecule has 1 aliphatic carbocycles. The summed E-state index contributed by atoms with van der Waals surface area (Å²) in [7, 11) is 0. The number of halogens is 3. The second kappa shape index (κ2) is 5.71. The van der Waals surface area contributed by atoms with E-state index in [0.717, 1.165) is 37.8 Å².